The minimum atomic E-state index is -0.540. The number of carbonyl (C=O) groups excluding carboxylic acids is 1. The van der Waals surface area contributed by atoms with Gasteiger partial charge in [-0.2, -0.15) is 0 Å². The molecule has 3 N–H and O–H groups in total. The molecule has 2 atom stereocenters. The average molecular weight is 439 g/mol. The van der Waals surface area contributed by atoms with Gasteiger partial charge in [0.05, 0.1) is 35.4 Å². The zero-order chi connectivity index (χ0) is 22.4. The first-order valence-corrected chi connectivity index (χ1v) is 11.2. The van der Waals surface area contributed by atoms with Crippen LogP contribution in [0.2, 0.25) is 0 Å². The summed E-state index contributed by atoms with van der Waals surface area (Å²) >= 11 is 0. The van der Waals surface area contributed by atoms with E-state index in [2.05, 4.69) is 20.3 Å². The molecule has 2 fully saturated rings. The summed E-state index contributed by atoms with van der Waals surface area (Å²) in [5, 5.41) is 13.0. The van der Waals surface area contributed by atoms with E-state index in [-0.39, 0.29) is 17.5 Å². The lowest BCUT2D eigenvalue weighted by molar-refractivity contribution is 0.0874. The SMILES string of the molecule is Cc1ccc(OCC2CC2)c(-c2ncnc3c(C(=O)N[C@@H]4CCC[C@@H]4O)c(C)[nH]c23)c1F. The van der Waals surface area contributed by atoms with Crippen molar-refractivity contribution in [3.8, 4) is 17.0 Å². The Bertz CT molecular complexity index is 1190. The fourth-order valence-electron chi connectivity index (χ4n) is 4.43. The van der Waals surface area contributed by atoms with Gasteiger partial charge in [0.2, 0.25) is 0 Å². The minimum Gasteiger partial charge on any atom is -0.492 e. The van der Waals surface area contributed by atoms with Gasteiger partial charge in [0, 0.05) is 5.69 Å². The number of nitrogens with one attached hydrogen (secondary N) is 2. The quantitative estimate of drug-likeness (QED) is 0.543. The maximum Gasteiger partial charge on any atom is 0.255 e. The van der Waals surface area contributed by atoms with Gasteiger partial charge in [-0.3, -0.25) is 4.79 Å². The van der Waals surface area contributed by atoms with Gasteiger partial charge in [-0.1, -0.05) is 6.07 Å². The van der Waals surface area contributed by atoms with Crippen LogP contribution in [0.4, 0.5) is 4.39 Å². The first kappa shape index (κ1) is 20.9. The smallest absolute Gasteiger partial charge is 0.255 e. The van der Waals surface area contributed by atoms with Crippen LogP contribution in [0.5, 0.6) is 5.75 Å². The van der Waals surface area contributed by atoms with Crippen LogP contribution >= 0.6 is 0 Å². The zero-order valence-electron chi connectivity index (χ0n) is 18.2. The summed E-state index contributed by atoms with van der Waals surface area (Å²) in [5.74, 6) is 0.254. The number of ether oxygens (including phenoxy) is 1. The largest absolute Gasteiger partial charge is 0.492 e. The Morgan fingerprint density at radius 3 is 2.78 bits per heavy atom. The van der Waals surface area contributed by atoms with Crippen LogP contribution in [0.15, 0.2) is 18.5 Å². The average Bonchev–Trinajstić information content (AvgIpc) is 3.42. The predicted molar refractivity (Wildman–Crippen MR) is 118 cm³/mol. The molecule has 2 heterocycles. The lowest BCUT2D eigenvalue weighted by Gasteiger charge is -2.16. The second kappa shape index (κ2) is 8.16. The molecular formula is C24H27FN4O3. The highest BCUT2D eigenvalue weighted by atomic mass is 19.1. The number of aliphatic hydroxyl groups is 1. The summed E-state index contributed by atoms with van der Waals surface area (Å²) < 4.78 is 21.3. The van der Waals surface area contributed by atoms with Crippen molar-refractivity contribution in [3.63, 3.8) is 0 Å². The van der Waals surface area contributed by atoms with Crippen LogP contribution in [0.3, 0.4) is 0 Å². The Kier molecular flexibility index (Phi) is 5.33. The molecule has 0 spiro atoms. The topological polar surface area (TPSA) is 100 Å². The zero-order valence-corrected chi connectivity index (χ0v) is 18.2. The van der Waals surface area contributed by atoms with Gasteiger partial charge in [-0.15, -0.1) is 0 Å². The van der Waals surface area contributed by atoms with Gasteiger partial charge >= 0.3 is 0 Å². The van der Waals surface area contributed by atoms with Crippen LogP contribution in [-0.2, 0) is 0 Å². The van der Waals surface area contributed by atoms with E-state index in [1.807, 2.05) is 0 Å². The van der Waals surface area contributed by atoms with Crippen LogP contribution < -0.4 is 10.1 Å². The standard InChI is InChI=1S/C24H27FN4O3/c1-12-6-9-17(32-10-14-7-8-14)19(20(12)25)22-23-21(26-11-27-22)18(13(2)28-23)24(31)29-15-4-3-5-16(15)30/h6,9,11,14-16,28,30H,3-5,7-8,10H2,1-2H3,(H,29,31)/t15-,16+/m1/s1. The van der Waals surface area contributed by atoms with Gasteiger partial charge in [0.1, 0.15) is 29.1 Å². The molecule has 32 heavy (non-hydrogen) atoms. The van der Waals surface area contributed by atoms with E-state index < -0.39 is 11.9 Å². The Hall–Kier alpha value is -3.00. The second-order valence-corrected chi connectivity index (χ2v) is 8.97. The molecule has 168 valence electrons. The molecule has 2 aromatic heterocycles. The number of benzene rings is 1. The van der Waals surface area contributed by atoms with Crippen molar-refractivity contribution >= 4 is 16.9 Å². The van der Waals surface area contributed by atoms with Gasteiger partial charge in [-0.25, -0.2) is 14.4 Å². The van der Waals surface area contributed by atoms with Crippen LogP contribution in [0.1, 0.15) is 53.7 Å². The van der Waals surface area contributed by atoms with E-state index in [0.29, 0.717) is 58.2 Å². The molecule has 0 radical (unpaired) electrons. The molecule has 8 heteroatoms. The summed E-state index contributed by atoms with van der Waals surface area (Å²) in [6.45, 7) is 4.03. The Morgan fingerprint density at radius 1 is 1.25 bits per heavy atom. The summed E-state index contributed by atoms with van der Waals surface area (Å²) in [5.41, 5.74) is 3.04. The maximum atomic E-state index is 15.3. The molecule has 7 nitrogen and oxygen atoms in total. The van der Waals surface area contributed by atoms with E-state index >= 15 is 4.39 Å². The van der Waals surface area contributed by atoms with E-state index in [9.17, 15) is 9.90 Å². The van der Waals surface area contributed by atoms with Crippen molar-refractivity contribution < 1.29 is 19.0 Å². The molecule has 5 rings (SSSR count). The molecule has 2 saturated carbocycles. The number of aromatic nitrogens is 3. The molecule has 0 unspecified atom stereocenters. The third-order valence-corrected chi connectivity index (χ3v) is 6.50. The summed E-state index contributed by atoms with van der Waals surface area (Å²) in [6.07, 6.45) is 5.37. The number of hydrogen-bond acceptors (Lipinski definition) is 5. The summed E-state index contributed by atoms with van der Waals surface area (Å²) in [7, 11) is 0. The van der Waals surface area contributed by atoms with E-state index in [1.54, 1.807) is 26.0 Å². The first-order chi connectivity index (χ1) is 15.4. The molecular weight excluding hydrogens is 411 g/mol. The number of aliphatic hydroxyl groups excluding tert-OH is 1. The number of H-pyrrole nitrogens is 1. The molecule has 1 amide bonds. The van der Waals surface area contributed by atoms with E-state index in [1.165, 1.54) is 6.33 Å². The molecule has 2 aliphatic carbocycles. The van der Waals surface area contributed by atoms with Crippen molar-refractivity contribution in [3.05, 3.63) is 41.1 Å². The van der Waals surface area contributed by atoms with Crippen molar-refractivity contribution in [2.24, 2.45) is 5.92 Å². The molecule has 2 aliphatic rings. The maximum absolute atomic E-state index is 15.3. The number of amides is 1. The molecule has 3 aromatic rings. The third kappa shape index (κ3) is 3.72. The summed E-state index contributed by atoms with van der Waals surface area (Å²) in [4.78, 5) is 25.0. The highest BCUT2D eigenvalue weighted by Crippen LogP contribution is 2.39. The molecule has 0 bridgehead atoms. The Morgan fingerprint density at radius 2 is 2.06 bits per heavy atom. The number of hydrogen-bond donors (Lipinski definition) is 3. The number of carbonyl (C=O) groups is 1. The number of aromatic amines is 1. The predicted octanol–water partition coefficient (Wildman–Crippen LogP) is 3.81. The van der Waals surface area contributed by atoms with Crippen molar-refractivity contribution in [1.82, 2.24) is 20.3 Å². The Labute approximate surface area is 185 Å². The fraction of sp³-hybridized carbons (Fsp3) is 0.458. The second-order valence-electron chi connectivity index (χ2n) is 8.97. The number of rotatable bonds is 6. The normalized spacial score (nSPS) is 20.6. The van der Waals surface area contributed by atoms with Gasteiger partial charge < -0.3 is 20.1 Å². The highest BCUT2D eigenvalue weighted by Gasteiger charge is 2.30. The van der Waals surface area contributed by atoms with Crippen molar-refractivity contribution in [2.75, 3.05) is 6.61 Å². The van der Waals surface area contributed by atoms with Crippen molar-refractivity contribution in [1.29, 1.82) is 0 Å². The monoisotopic (exact) mass is 438 g/mol. The first-order valence-electron chi connectivity index (χ1n) is 11.2. The lowest BCUT2D eigenvalue weighted by atomic mass is 10.0. The van der Waals surface area contributed by atoms with Gasteiger partial charge in [0.25, 0.3) is 5.91 Å². The molecule has 1 aromatic carbocycles. The van der Waals surface area contributed by atoms with Crippen LogP contribution in [0.25, 0.3) is 22.3 Å². The van der Waals surface area contributed by atoms with Gasteiger partial charge in [-0.05, 0) is 63.5 Å². The number of fused-ring (bicyclic) bond motifs is 1. The lowest BCUT2D eigenvalue weighted by Crippen LogP contribution is -2.40. The number of aryl methyl sites for hydroxylation is 2. The van der Waals surface area contributed by atoms with Gasteiger partial charge in [0.15, 0.2) is 0 Å². The highest BCUT2D eigenvalue weighted by molar-refractivity contribution is 6.09. The van der Waals surface area contributed by atoms with Crippen molar-refractivity contribution in [2.45, 2.75) is 58.1 Å². The summed E-state index contributed by atoms with van der Waals surface area (Å²) in [6, 6.07) is 3.20. The number of halogens is 1. The van der Waals surface area contributed by atoms with Crippen LogP contribution in [0, 0.1) is 25.6 Å². The van der Waals surface area contributed by atoms with E-state index in [4.69, 9.17) is 4.74 Å². The fourth-order valence-corrected chi connectivity index (χ4v) is 4.43. The van der Waals surface area contributed by atoms with Crippen LogP contribution in [-0.4, -0.2) is 44.7 Å². The number of nitrogens with zero attached hydrogens (tertiary/aromatic N) is 2. The Balaban J connectivity index is 1.57. The molecule has 0 aliphatic heterocycles. The van der Waals surface area contributed by atoms with E-state index in [0.717, 1.165) is 25.7 Å². The third-order valence-electron chi connectivity index (χ3n) is 6.50. The minimum absolute atomic E-state index is 0.273. The molecule has 0 saturated heterocycles.